The first kappa shape index (κ1) is 13.3. The molecular formula is C12H18ClNO2S. The van der Waals surface area contributed by atoms with Gasteiger partial charge in [-0.15, -0.1) is 11.3 Å². The molecule has 0 spiro atoms. The highest BCUT2D eigenvalue weighted by molar-refractivity contribution is 7.16. The van der Waals surface area contributed by atoms with E-state index in [4.69, 9.17) is 21.1 Å². The molecule has 3 nitrogen and oxygen atoms in total. The highest BCUT2D eigenvalue weighted by Crippen LogP contribution is 2.27. The molecule has 2 heterocycles. The van der Waals surface area contributed by atoms with Gasteiger partial charge in [0.1, 0.15) is 0 Å². The highest BCUT2D eigenvalue weighted by Gasteiger charge is 2.32. The van der Waals surface area contributed by atoms with Crippen molar-refractivity contribution in [2.45, 2.75) is 38.7 Å². The molecule has 1 aliphatic heterocycles. The van der Waals surface area contributed by atoms with Crippen LogP contribution < -0.4 is 5.32 Å². The summed E-state index contributed by atoms with van der Waals surface area (Å²) in [5.74, 6) is -0.443. The van der Waals surface area contributed by atoms with E-state index in [9.17, 15) is 0 Å². The SMILES string of the molecule is CC(NCC1COC(C)(C)O1)c1ccc(Cl)s1. The lowest BCUT2D eigenvalue weighted by atomic mass is 10.2. The van der Waals surface area contributed by atoms with Crippen LogP contribution in [-0.2, 0) is 9.47 Å². The van der Waals surface area contributed by atoms with Crippen LogP contribution >= 0.6 is 22.9 Å². The van der Waals surface area contributed by atoms with E-state index >= 15 is 0 Å². The summed E-state index contributed by atoms with van der Waals surface area (Å²) in [6.07, 6.45) is 0.128. The van der Waals surface area contributed by atoms with Crippen LogP contribution in [0.1, 0.15) is 31.7 Å². The lowest BCUT2D eigenvalue weighted by Gasteiger charge is -2.18. The van der Waals surface area contributed by atoms with Crippen LogP contribution in [0.15, 0.2) is 12.1 Å². The number of rotatable bonds is 4. The van der Waals surface area contributed by atoms with Crippen LogP contribution in [0, 0.1) is 0 Å². The summed E-state index contributed by atoms with van der Waals surface area (Å²) < 4.78 is 12.1. The zero-order valence-corrected chi connectivity index (χ0v) is 11.9. The number of halogens is 1. The fraction of sp³-hybridized carbons (Fsp3) is 0.667. The Morgan fingerprint density at radius 3 is 2.88 bits per heavy atom. The second-order valence-electron chi connectivity index (χ2n) is 4.72. The zero-order chi connectivity index (χ0) is 12.5. The molecule has 1 fully saturated rings. The van der Waals surface area contributed by atoms with Crippen molar-refractivity contribution in [1.82, 2.24) is 5.32 Å². The Kier molecular flexibility index (Phi) is 4.10. The standard InChI is InChI=1S/C12H18ClNO2S/c1-8(10-4-5-11(13)17-10)14-6-9-7-15-12(2,3)16-9/h4-5,8-9,14H,6-7H2,1-3H3. The van der Waals surface area contributed by atoms with E-state index in [2.05, 4.69) is 18.3 Å². The molecule has 0 saturated carbocycles. The molecule has 1 aromatic rings. The molecule has 0 amide bonds. The maximum atomic E-state index is 5.92. The molecule has 0 bridgehead atoms. The molecule has 1 N–H and O–H groups in total. The quantitative estimate of drug-likeness (QED) is 0.915. The predicted octanol–water partition coefficient (Wildman–Crippen LogP) is 3.20. The van der Waals surface area contributed by atoms with Crippen LogP contribution in [-0.4, -0.2) is 25.0 Å². The van der Waals surface area contributed by atoms with Crippen LogP contribution in [0.2, 0.25) is 4.34 Å². The highest BCUT2D eigenvalue weighted by atomic mass is 35.5. The van der Waals surface area contributed by atoms with Gasteiger partial charge in [0.25, 0.3) is 0 Å². The third-order valence-corrected chi connectivity index (χ3v) is 4.15. The number of nitrogens with one attached hydrogen (secondary N) is 1. The lowest BCUT2D eigenvalue weighted by molar-refractivity contribution is -0.137. The largest absolute Gasteiger partial charge is 0.348 e. The van der Waals surface area contributed by atoms with Gasteiger partial charge in [0.15, 0.2) is 5.79 Å². The number of hydrogen-bond donors (Lipinski definition) is 1. The Bertz CT molecular complexity index is 380. The summed E-state index contributed by atoms with van der Waals surface area (Å²) in [6.45, 7) is 7.45. The van der Waals surface area contributed by atoms with E-state index in [0.29, 0.717) is 12.6 Å². The minimum atomic E-state index is -0.443. The van der Waals surface area contributed by atoms with Gasteiger partial charge in [-0.2, -0.15) is 0 Å². The van der Waals surface area contributed by atoms with Crippen molar-refractivity contribution in [3.8, 4) is 0 Å². The molecule has 1 aromatic heterocycles. The van der Waals surface area contributed by atoms with Gasteiger partial charge in [0.2, 0.25) is 0 Å². The van der Waals surface area contributed by atoms with Crippen molar-refractivity contribution in [2.75, 3.05) is 13.2 Å². The molecule has 96 valence electrons. The van der Waals surface area contributed by atoms with Gasteiger partial charge >= 0.3 is 0 Å². The topological polar surface area (TPSA) is 30.5 Å². The molecule has 2 atom stereocenters. The smallest absolute Gasteiger partial charge is 0.163 e. The molecule has 0 aliphatic carbocycles. The average molecular weight is 276 g/mol. The van der Waals surface area contributed by atoms with Gasteiger partial charge in [-0.1, -0.05) is 11.6 Å². The Morgan fingerprint density at radius 2 is 2.35 bits per heavy atom. The molecule has 2 rings (SSSR count). The number of hydrogen-bond acceptors (Lipinski definition) is 4. The van der Waals surface area contributed by atoms with Crippen LogP contribution in [0.25, 0.3) is 0 Å². The summed E-state index contributed by atoms with van der Waals surface area (Å²) in [4.78, 5) is 1.24. The maximum absolute atomic E-state index is 5.92. The van der Waals surface area contributed by atoms with Crippen molar-refractivity contribution in [2.24, 2.45) is 0 Å². The summed E-state index contributed by atoms with van der Waals surface area (Å²) >= 11 is 7.52. The third kappa shape index (κ3) is 3.66. The first-order valence-corrected chi connectivity index (χ1v) is 6.96. The fourth-order valence-electron chi connectivity index (χ4n) is 1.83. The van der Waals surface area contributed by atoms with Crippen LogP contribution in [0.4, 0.5) is 0 Å². The normalized spacial score (nSPS) is 25.1. The number of ether oxygens (including phenoxy) is 2. The first-order valence-electron chi connectivity index (χ1n) is 5.77. The van der Waals surface area contributed by atoms with E-state index in [-0.39, 0.29) is 6.10 Å². The molecule has 0 aromatic carbocycles. The van der Waals surface area contributed by atoms with E-state index in [1.165, 1.54) is 4.88 Å². The average Bonchev–Trinajstić information content (AvgIpc) is 2.81. The van der Waals surface area contributed by atoms with Crippen LogP contribution in [0.3, 0.4) is 0 Å². The first-order chi connectivity index (χ1) is 7.96. The van der Waals surface area contributed by atoms with Gasteiger partial charge < -0.3 is 14.8 Å². The molecular weight excluding hydrogens is 258 g/mol. The van der Waals surface area contributed by atoms with E-state index < -0.39 is 5.79 Å². The molecule has 1 saturated heterocycles. The molecule has 0 radical (unpaired) electrons. The van der Waals surface area contributed by atoms with Crippen molar-refractivity contribution >= 4 is 22.9 Å². The Hall–Kier alpha value is -0.130. The summed E-state index contributed by atoms with van der Waals surface area (Å²) in [5.41, 5.74) is 0. The molecule has 1 aliphatic rings. The minimum Gasteiger partial charge on any atom is -0.348 e. The van der Waals surface area contributed by atoms with E-state index in [1.54, 1.807) is 11.3 Å². The molecule has 5 heteroatoms. The Morgan fingerprint density at radius 1 is 1.59 bits per heavy atom. The van der Waals surface area contributed by atoms with Crippen molar-refractivity contribution < 1.29 is 9.47 Å². The van der Waals surface area contributed by atoms with Crippen LogP contribution in [0.5, 0.6) is 0 Å². The Labute approximate surface area is 111 Å². The van der Waals surface area contributed by atoms with Gasteiger partial charge in [-0.3, -0.25) is 0 Å². The second-order valence-corrected chi connectivity index (χ2v) is 6.47. The van der Waals surface area contributed by atoms with Gasteiger partial charge in [-0.05, 0) is 32.9 Å². The van der Waals surface area contributed by atoms with E-state index in [0.717, 1.165) is 10.9 Å². The van der Waals surface area contributed by atoms with Crippen molar-refractivity contribution in [3.63, 3.8) is 0 Å². The Balaban J connectivity index is 1.79. The monoisotopic (exact) mass is 275 g/mol. The van der Waals surface area contributed by atoms with Crippen molar-refractivity contribution in [3.05, 3.63) is 21.3 Å². The maximum Gasteiger partial charge on any atom is 0.163 e. The summed E-state index contributed by atoms with van der Waals surface area (Å²) in [7, 11) is 0. The van der Waals surface area contributed by atoms with Crippen molar-refractivity contribution in [1.29, 1.82) is 0 Å². The van der Waals surface area contributed by atoms with E-state index in [1.807, 2.05) is 19.9 Å². The van der Waals surface area contributed by atoms with Gasteiger partial charge in [0, 0.05) is 17.5 Å². The lowest BCUT2D eigenvalue weighted by Crippen LogP contribution is -2.31. The minimum absolute atomic E-state index is 0.128. The summed E-state index contributed by atoms with van der Waals surface area (Å²) in [5, 5.41) is 3.44. The fourth-order valence-corrected chi connectivity index (χ4v) is 2.92. The molecule has 2 unspecified atom stereocenters. The predicted molar refractivity (Wildman–Crippen MR) is 70.7 cm³/mol. The third-order valence-electron chi connectivity index (χ3n) is 2.74. The van der Waals surface area contributed by atoms with Gasteiger partial charge in [-0.25, -0.2) is 0 Å². The molecule has 17 heavy (non-hydrogen) atoms. The van der Waals surface area contributed by atoms with Gasteiger partial charge in [0.05, 0.1) is 17.0 Å². The zero-order valence-electron chi connectivity index (χ0n) is 10.3. The number of thiophene rings is 1. The summed E-state index contributed by atoms with van der Waals surface area (Å²) in [6, 6.07) is 4.28. The second kappa shape index (κ2) is 5.24.